The smallest absolute Gasteiger partial charge is 0.182 e. The van der Waals surface area contributed by atoms with Crippen LogP contribution in [0.4, 0.5) is 0 Å². The van der Waals surface area contributed by atoms with E-state index in [0.29, 0.717) is 17.9 Å². The molecule has 2 aromatic rings. The van der Waals surface area contributed by atoms with E-state index in [4.69, 9.17) is 18.9 Å². The van der Waals surface area contributed by atoms with Crippen LogP contribution in [0.2, 0.25) is 0 Å². The van der Waals surface area contributed by atoms with Crippen LogP contribution in [0.3, 0.4) is 0 Å². The van der Waals surface area contributed by atoms with Crippen LogP contribution in [0.15, 0.2) is 24.3 Å². The number of nitrogens with one attached hydrogen (secondary N) is 2. The van der Waals surface area contributed by atoms with Crippen molar-refractivity contribution in [3.8, 4) is 23.0 Å². The van der Waals surface area contributed by atoms with Crippen molar-refractivity contribution in [2.24, 2.45) is 11.8 Å². The van der Waals surface area contributed by atoms with Gasteiger partial charge in [0, 0.05) is 42.7 Å². The molecule has 6 nitrogen and oxygen atoms in total. The van der Waals surface area contributed by atoms with Crippen molar-refractivity contribution in [2.45, 2.75) is 38.6 Å². The summed E-state index contributed by atoms with van der Waals surface area (Å²) in [6.07, 6.45) is 4.43. The first-order valence-corrected chi connectivity index (χ1v) is 12.5. The lowest BCUT2D eigenvalue weighted by molar-refractivity contribution is -0.945. The summed E-state index contributed by atoms with van der Waals surface area (Å²) in [5.74, 6) is 4.49. The predicted octanol–water partition coefficient (Wildman–Crippen LogP) is 1.38. The van der Waals surface area contributed by atoms with E-state index >= 15 is 0 Å². The number of quaternary nitrogens is 1. The molecule has 3 aliphatic rings. The van der Waals surface area contributed by atoms with Gasteiger partial charge in [-0.1, -0.05) is 6.92 Å². The number of piperidine rings is 1. The molecule has 2 aromatic carbocycles. The SMILES string of the molecule is COc1cc2c(cc1OC)C(C[C@@H]1CC[NH+]3CCc4cc(OC)c(OC)cc4[C@@H]3[C@H]1C)=[NH+]CC2. The first kappa shape index (κ1) is 23.0. The third-order valence-electron chi connectivity index (χ3n) is 8.37. The molecule has 0 aliphatic carbocycles. The van der Waals surface area contributed by atoms with Gasteiger partial charge in [-0.05, 0) is 41.3 Å². The quantitative estimate of drug-likeness (QED) is 0.676. The largest absolute Gasteiger partial charge is 0.493 e. The summed E-state index contributed by atoms with van der Waals surface area (Å²) in [5.41, 5.74) is 6.86. The van der Waals surface area contributed by atoms with Crippen LogP contribution >= 0.6 is 0 Å². The zero-order valence-corrected chi connectivity index (χ0v) is 21.1. The van der Waals surface area contributed by atoms with Crippen LogP contribution in [0.25, 0.3) is 0 Å². The Bertz CT molecular complexity index is 1100. The molecule has 1 saturated heterocycles. The highest BCUT2D eigenvalue weighted by Gasteiger charge is 2.44. The topological polar surface area (TPSA) is 55.3 Å². The van der Waals surface area contributed by atoms with Gasteiger partial charge < -0.3 is 23.8 Å². The van der Waals surface area contributed by atoms with E-state index in [2.05, 4.69) is 36.2 Å². The third-order valence-corrected chi connectivity index (χ3v) is 8.37. The average Bonchev–Trinajstić information content (AvgIpc) is 2.88. The van der Waals surface area contributed by atoms with Crippen LogP contribution in [0.1, 0.15) is 48.1 Å². The van der Waals surface area contributed by atoms with Crippen molar-refractivity contribution in [1.82, 2.24) is 0 Å². The molecule has 4 atom stereocenters. The number of fused-ring (bicyclic) bond motifs is 4. The molecule has 34 heavy (non-hydrogen) atoms. The molecule has 0 spiro atoms. The molecule has 0 saturated carbocycles. The van der Waals surface area contributed by atoms with Gasteiger partial charge in [0.25, 0.3) is 0 Å². The van der Waals surface area contributed by atoms with Gasteiger partial charge in [-0.15, -0.1) is 0 Å². The number of hydrogen-bond donors (Lipinski definition) is 2. The number of methoxy groups -OCH3 is 4. The minimum atomic E-state index is 0.497. The van der Waals surface area contributed by atoms with E-state index in [0.717, 1.165) is 48.8 Å². The molecule has 0 bridgehead atoms. The Morgan fingerprint density at radius 3 is 2.18 bits per heavy atom. The highest BCUT2D eigenvalue weighted by atomic mass is 16.5. The van der Waals surface area contributed by atoms with E-state index in [1.165, 1.54) is 47.5 Å². The van der Waals surface area contributed by atoms with Crippen molar-refractivity contribution in [1.29, 1.82) is 0 Å². The fraction of sp³-hybridized carbons (Fsp3) is 0.536. The zero-order chi connectivity index (χ0) is 23.8. The second-order valence-corrected chi connectivity index (χ2v) is 9.92. The van der Waals surface area contributed by atoms with E-state index < -0.39 is 0 Å². The molecule has 6 heteroatoms. The van der Waals surface area contributed by atoms with Gasteiger partial charge in [-0.25, -0.2) is 4.99 Å². The van der Waals surface area contributed by atoms with Crippen LogP contribution in [-0.4, -0.2) is 53.8 Å². The highest BCUT2D eigenvalue weighted by molar-refractivity contribution is 5.99. The van der Waals surface area contributed by atoms with Gasteiger partial charge >= 0.3 is 0 Å². The Balaban J connectivity index is 1.43. The number of ether oxygens (including phenoxy) is 4. The average molecular weight is 467 g/mol. The second kappa shape index (κ2) is 9.49. The highest BCUT2D eigenvalue weighted by Crippen LogP contribution is 2.41. The van der Waals surface area contributed by atoms with E-state index in [-0.39, 0.29) is 0 Å². The standard InChI is InChI=1S/C28H36N2O4/c1-17-18(12-23-21-15-26(33-4)24(31-2)13-19(21)6-9-29-23)7-10-30-11-8-20-14-25(32-3)27(34-5)16-22(20)28(17)30/h13-18,28H,6-12H2,1-5H3/p+2/t17-,18-,28-/m0/s1. The Morgan fingerprint density at radius 2 is 1.47 bits per heavy atom. The van der Waals surface area contributed by atoms with Crippen molar-refractivity contribution in [2.75, 3.05) is 48.1 Å². The summed E-state index contributed by atoms with van der Waals surface area (Å²) < 4.78 is 22.4. The lowest BCUT2D eigenvalue weighted by Crippen LogP contribution is -3.15. The second-order valence-electron chi connectivity index (χ2n) is 9.92. The van der Waals surface area contributed by atoms with E-state index in [1.54, 1.807) is 33.3 Å². The number of hydrogen-bond acceptors (Lipinski definition) is 4. The fourth-order valence-electron chi connectivity index (χ4n) is 6.54. The minimum Gasteiger partial charge on any atom is -0.493 e. The Morgan fingerprint density at radius 1 is 0.824 bits per heavy atom. The first-order chi connectivity index (χ1) is 16.6. The van der Waals surface area contributed by atoms with Gasteiger partial charge in [0.2, 0.25) is 0 Å². The maximum atomic E-state index is 5.67. The molecule has 182 valence electrons. The summed E-state index contributed by atoms with van der Waals surface area (Å²) in [6, 6.07) is 9.26. The fourth-order valence-corrected chi connectivity index (χ4v) is 6.54. The summed E-state index contributed by atoms with van der Waals surface area (Å²) in [7, 11) is 6.88. The van der Waals surface area contributed by atoms with Crippen molar-refractivity contribution >= 4 is 5.71 Å². The van der Waals surface area contributed by atoms with E-state index in [1.807, 2.05) is 0 Å². The van der Waals surface area contributed by atoms with E-state index in [9.17, 15) is 0 Å². The van der Waals surface area contributed by atoms with Gasteiger partial charge in [-0.3, -0.25) is 0 Å². The van der Waals surface area contributed by atoms with Crippen LogP contribution < -0.4 is 28.8 Å². The molecule has 1 fully saturated rings. The Labute approximate surface area is 202 Å². The van der Waals surface area contributed by atoms with Crippen molar-refractivity contribution < 1.29 is 28.8 Å². The molecular weight excluding hydrogens is 428 g/mol. The molecule has 0 radical (unpaired) electrons. The van der Waals surface area contributed by atoms with Gasteiger partial charge in [0.15, 0.2) is 28.7 Å². The molecule has 3 heterocycles. The summed E-state index contributed by atoms with van der Waals surface area (Å²) in [6.45, 7) is 5.84. The molecule has 0 amide bonds. The Kier molecular flexibility index (Phi) is 6.43. The molecular formula is C28H38N2O4+2. The van der Waals surface area contributed by atoms with Gasteiger partial charge in [0.1, 0.15) is 12.6 Å². The summed E-state index contributed by atoms with van der Waals surface area (Å²) in [4.78, 5) is 5.45. The molecule has 3 aliphatic heterocycles. The number of rotatable bonds is 6. The lowest BCUT2D eigenvalue weighted by atomic mass is 9.72. The van der Waals surface area contributed by atoms with Crippen molar-refractivity contribution in [3.05, 3.63) is 46.5 Å². The number of benzene rings is 2. The van der Waals surface area contributed by atoms with Crippen LogP contribution in [0, 0.1) is 11.8 Å². The molecule has 2 N–H and O–H groups in total. The molecule has 0 aromatic heterocycles. The normalized spacial score (nSPS) is 25.4. The summed E-state index contributed by atoms with van der Waals surface area (Å²) >= 11 is 0. The maximum absolute atomic E-state index is 5.67. The van der Waals surface area contributed by atoms with Gasteiger partial charge in [-0.2, -0.15) is 0 Å². The first-order valence-electron chi connectivity index (χ1n) is 12.5. The van der Waals surface area contributed by atoms with Gasteiger partial charge in [0.05, 0.1) is 41.5 Å². The lowest BCUT2D eigenvalue weighted by Gasteiger charge is -2.44. The van der Waals surface area contributed by atoms with Crippen LogP contribution in [-0.2, 0) is 12.8 Å². The predicted molar refractivity (Wildman–Crippen MR) is 132 cm³/mol. The monoisotopic (exact) mass is 466 g/mol. The maximum Gasteiger partial charge on any atom is 0.182 e. The molecule has 5 rings (SSSR count). The zero-order valence-electron chi connectivity index (χ0n) is 21.1. The summed E-state index contributed by atoms with van der Waals surface area (Å²) in [5, 5.41) is 0. The Hall–Kier alpha value is -2.73. The third kappa shape index (κ3) is 3.92. The van der Waals surface area contributed by atoms with Crippen molar-refractivity contribution in [3.63, 3.8) is 0 Å². The van der Waals surface area contributed by atoms with Crippen LogP contribution in [0.5, 0.6) is 23.0 Å². The molecule has 1 unspecified atom stereocenters. The minimum absolute atomic E-state index is 0.497.